The highest BCUT2D eigenvalue weighted by Gasteiger charge is 2.17. The smallest absolute Gasteiger partial charge is 0.252 e. The van der Waals surface area contributed by atoms with E-state index < -0.39 is 0 Å². The van der Waals surface area contributed by atoms with Crippen molar-refractivity contribution < 1.29 is 13.9 Å². The van der Waals surface area contributed by atoms with E-state index in [1.54, 1.807) is 12.1 Å². The second-order valence-electron chi connectivity index (χ2n) is 9.11. The topological polar surface area (TPSA) is 57.7 Å². The van der Waals surface area contributed by atoms with Crippen molar-refractivity contribution in [2.75, 3.05) is 52.5 Å². The van der Waals surface area contributed by atoms with Gasteiger partial charge in [0.1, 0.15) is 5.82 Å². The monoisotopic (exact) mass is 462 g/mol. The van der Waals surface area contributed by atoms with E-state index in [2.05, 4.69) is 27.2 Å². The van der Waals surface area contributed by atoms with Gasteiger partial charge in [0.25, 0.3) is 5.91 Å². The highest BCUT2D eigenvalue weighted by molar-refractivity contribution is 6.07. The summed E-state index contributed by atoms with van der Waals surface area (Å²) < 4.78 is 19.4. The Balaban J connectivity index is 1.36. The van der Waals surface area contributed by atoms with Gasteiger partial charge in [-0.2, -0.15) is 0 Å². The number of likely N-dealkylation sites (tertiary alicyclic amines) is 1. The van der Waals surface area contributed by atoms with Crippen LogP contribution >= 0.6 is 0 Å². The van der Waals surface area contributed by atoms with E-state index in [1.807, 2.05) is 12.1 Å². The van der Waals surface area contributed by atoms with Crippen molar-refractivity contribution in [3.05, 3.63) is 65.5 Å². The summed E-state index contributed by atoms with van der Waals surface area (Å²) in [5.74, 6) is -0.567. The summed E-state index contributed by atoms with van der Waals surface area (Å²) in [6, 6.07) is 14.5. The molecule has 0 saturated carbocycles. The van der Waals surface area contributed by atoms with Gasteiger partial charge in [-0.1, -0.05) is 24.3 Å². The Morgan fingerprint density at radius 3 is 2.50 bits per heavy atom. The van der Waals surface area contributed by atoms with Crippen molar-refractivity contribution in [3.8, 4) is 11.3 Å². The zero-order chi connectivity index (χ0) is 23.3. The van der Waals surface area contributed by atoms with Crippen LogP contribution in [0, 0.1) is 5.82 Å². The first-order chi connectivity index (χ1) is 16.7. The minimum Gasteiger partial charge on any atom is -0.379 e. The van der Waals surface area contributed by atoms with Gasteiger partial charge >= 0.3 is 0 Å². The Labute approximate surface area is 199 Å². The maximum absolute atomic E-state index is 14.0. The van der Waals surface area contributed by atoms with Crippen LogP contribution in [0.5, 0.6) is 0 Å². The minimum atomic E-state index is -0.374. The van der Waals surface area contributed by atoms with Gasteiger partial charge < -0.3 is 15.0 Å². The van der Waals surface area contributed by atoms with Crippen LogP contribution in [0.2, 0.25) is 0 Å². The zero-order valence-electron chi connectivity index (χ0n) is 19.4. The molecule has 0 radical (unpaired) electrons. The highest BCUT2D eigenvalue weighted by atomic mass is 19.1. The summed E-state index contributed by atoms with van der Waals surface area (Å²) in [4.78, 5) is 22.6. The Hall–Kier alpha value is -2.87. The lowest BCUT2D eigenvalue weighted by Crippen LogP contribution is -2.35. The molecule has 6 nitrogen and oxygen atoms in total. The van der Waals surface area contributed by atoms with E-state index in [-0.39, 0.29) is 11.7 Å². The van der Waals surface area contributed by atoms with E-state index in [9.17, 15) is 9.18 Å². The summed E-state index contributed by atoms with van der Waals surface area (Å²) in [5.41, 5.74) is 3.94. The molecule has 178 valence electrons. The fourth-order valence-corrected chi connectivity index (χ4v) is 4.76. The number of fused-ring (bicyclic) bond motifs is 1. The van der Waals surface area contributed by atoms with Crippen molar-refractivity contribution in [2.45, 2.75) is 19.4 Å². The molecule has 5 rings (SSSR count). The number of ether oxygens (including phenoxy) is 1. The van der Waals surface area contributed by atoms with Gasteiger partial charge in [0.2, 0.25) is 0 Å². The number of morpholine rings is 1. The molecule has 1 N–H and O–H groups in total. The third-order valence-corrected chi connectivity index (χ3v) is 6.69. The SMILES string of the molecule is O=C(NCCN1CCCC1)c1cc(-c2ccc(CN3CCOCC3)cc2)nc2ccc(F)cc12. The van der Waals surface area contributed by atoms with Gasteiger partial charge in [0.15, 0.2) is 0 Å². The summed E-state index contributed by atoms with van der Waals surface area (Å²) in [7, 11) is 0. The molecule has 0 spiro atoms. The maximum Gasteiger partial charge on any atom is 0.252 e. The van der Waals surface area contributed by atoms with Crippen LogP contribution in [0.15, 0.2) is 48.5 Å². The number of halogens is 1. The van der Waals surface area contributed by atoms with Crippen LogP contribution in [0.4, 0.5) is 4.39 Å². The van der Waals surface area contributed by atoms with Crippen molar-refractivity contribution >= 4 is 16.8 Å². The normalized spacial score (nSPS) is 17.3. The number of benzene rings is 2. The van der Waals surface area contributed by atoms with E-state index >= 15 is 0 Å². The number of carbonyl (C=O) groups is 1. The number of hydrogen-bond donors (Lipinski definition) is 1. The van der Waals surface area contributed by atoms with Crippen LogP contribution in [-0.2, 0) is 11.3 Å². The van der Waals surface area contributed by atoms with Crippen molar-refractivity contribution in [1.82, 2.24) is 20.1 Å². The van der Waals surface area contributed by atoms with Crippen molar-refractivity contribution in [2.24, 2.45) is 0 Å². The average Bonchev–Trinajstić information content (AvgIpc) is 3.38. The maximum atomic E-state index is 14.0. The molecule has 0 unspecified atom stereocenters. The number of hydrogen-bond acceptors (Lipinski definition) is 5. The van der Waals surface area contributed by atoms with Gasteiger partial charge in [0.05, 0.1) is 30.0 Å². The Kier molecular flexibility index (Phi) is 7.13. The Bertz CT molecular complexity index is 1140. The first-order valence-electron chi connectivity index (χ1n) is 12.2. The molecule has 2 saturated heterocycles. The number of amides is 1. The highest BCUT2D eigenvalue weighted by Crippen LogP contribution is 2.26. The molecule has 0 atom stereocenters. The van der Waals surface area contributed by atoms with Gasteiger partial charge in [0, 0.05) is 43.7 Å². The lowest BCUT2D eigenvalue weighted by Gasteiger charge is -2.26. The first kappa shape index (κ1) is 22.9. The minimum absolute atomic E-state index is 0.192. The Morgan fingerprint density at radius 2 is 1.74 bits per heavy atom. The molecule has 3 aromatic rings. The zero-order valence-corrected chi connectivity index (χ0v) is 19.4. The molecule has 0 bridgehead atoms. The standard InChI is InChI=1S/C27H31FN4O2/c28-22-7-8-25-23(17-22)24(27(33)29-9-12-31-10-1-2-11-31)18-26(30-25)21-5-3-20(4-6-21)19-32-13-15-34-16-14-32/h3-8,17-18H,1-2,9-16,19H2,(H,29,33). The van der Waals surface area contributed by atoms with E-state index in [1.165, 1.54) is 30.5 Å². The molecular formula is C27H31FN4O2. The predicted molar refractivity (Wildman–Crippen MR) is 131 cm³/mol. The predicted octanol–water partition coefficient (Wildman–Crippen LogP) is 3.70. The lowest BCUT2D eigenvalue weighted by atomic mass is 10.0. The number of nitrogens with one attached hydrogen (secondary N) is 1. The molecule has 3 heterocycles. The average molecular weight is 463 g/mol. The summed E-state index contributed by atoms with van der Waals surface area (Å²) in [6.45, 7) is 7.92. The second-order valence-corrected chi connectivity index (χ2v) is 9.11. The third-order valence-electron chi connectivity index (χ3n) is 6.69. The van der Waals surface area contributed by atoms with Gasteiger partial charge in [-0.25, -0.2) is 9.37 Å². The molecular weight excluding hydrogens is 431 g/mol. The number of carbonyl (C=O) groups excluding carboxylic acids is 1. The van der Waals surface area contributed by atoms with Crippen LogP contribution < -0.4 is 5.32 Å². The molecule has 2 aromatic carbocycles. The second kappa shape index (κ2) is 10.6. The molecule has 1 amide bonds. The van der Waals surface area contributed by atoms with Gasteiger partial charge in [-0.15, -0.1) is 0 Å². The quantitative estimate of drug-likeness (QED) is 0.580. The summed E-state index contributed by atoms with van der Waals surface area (Å²) >= 11 is 0. The van der Waals surface area contributed by atoms with Crippen LogP contribution in [0.3, 0.4) is 0 Å². The van der Waals surface area contributed by atoms with Crippen LogP contribution in [0.1, 0.15) is 28.8 Å². The molecule has 0 aliphatic carbocycles. The number of rotatable bonds is 7. The van der Waals surface area contributed by atoms with Crippen LogP contribution in [0.25, 0.3) is 22.2 Å². The molecule has 34 heavy (non-hydrogen) atoms. The van der Waals surface area contributed by atoms with Crippen molar-refractivity contribution in [1.29, 1.82) is 0 Å². The van der Waals surface area contributed by atoms with E-state index in [0.29, 0.717) is 28.7 Å². The van der Waals surface area contributed by atoms with Gasteiger partial charge in [-0.05, 0) is 55.8 Å². The molecule has 1 aromatic heterocycles. The lowest BCUT2D eigenvalue weighted by molar-refractivity contribution is 0.0342. The first-order valence-corrected chi connectivity index (χ1v) is 12.2. The third kappa shape index (κ3) is 5.43. The Morgan fingerprint density at radius 1 is 0.971 bits per heavy atom. The fourth-order valence-electron chi connectivity index (χ4n) is 4.76. The molecule has 2 aliphatic heterocycles. The number of aromatic nitrogens is 1. The summed E-state index contributed by atoms with van der Waals surface area (Å²) in [6.07, 6.45) is 2.44. The molecule has 2 fully saturated rings. The number of nitrogens with zero attached hydrogens (tertiary/aromatic N) is 3. The van der Waals surface area contributed by atoms with E-state index in [0.717, 1.165) is 58.0 Å². The van der Waals surface area contributed by atoms with Crippen molar-refractivity contribution in [3.63, 3.8) is 0 Å². The largest absolute Gasteiger partial charge is 0.379 e. The fraction of sp³-hybridized carbons (Fsp3) is 0.407. The number of pyridine rings is 1. The van der Waals surface area contributed by atoms with Crippen LogP contribution in [-0.4, -0.2) is 73.2 Å². The van der Waals surface area contributed by atoms with E-state index in [4.69, 9.17) is 9.72 Å². The summed E-state index contributed by atoms with van der Waals surface area (Å²) in [5, 5.41) is 3.56. The molecule has 2 aliphatic rings. The molecule has 7 heteroatoms. The van der Waals surface area contributed by atoms with Gasteiger partial charge in [-0.3, -0.25) is 9.69 Å².